The Balaban J connectivity index is 2.46. The first-order chi connectivity index (χ1) is 8.77. The second-order valence-corrected chi connectivity index (χ2v) is 3.81. The van der Waals surface area contributed by atoms with Gasteiger partial charge in [-0.25, -0.2) is 4.39 Å². The Morgan fingerprint density at radius 1 is 1.28 bits per heavy atom. The van der Waals surface area contributed by atoms with E-state index >= 15 is 0 Å². The number of benzene rings is 1. The molecule has 98 valence electrons. The number of hydrogen-bond donors (Lipinski definition) is 0. The molecule has 0 N–H and O–H groups in total. The lowest BCUT2D eigenvalue weighted by atomic mass is 10.2. The molecule has 0 saturated carbocycles. The molecule has 0 atom stereocenters. The van der Waals surface area contributed by atoms with Gasteiger partial charge in [0.1, 0.15) is 18.2 Å². The summed E-state index contributed by atoms with van der Waals surface area (Å²) in [5.41, 5.74) is 0.324. The minimum absolute atomic E-state index is 0.187. The van der Waals surface area contributed by atoms with Gasteiger partial charge < -0.3 is 9.47 Å². The zero-order chi connectivity index (χ0) is 13.2. The van der Waals surface area contributed by atoms with Crippen LogP contribution in [0.2, 0.25) is 0 Å². The Morgan fingerprint density at radius 3 is 2.78 bits per heavy atom. The molecule has 0 radical (unpaired) electrons. The number of ether oxygens (including phenoxy) is 2. The fourth-order valence-corrected chi connectivity index (χ4v) is 1.35. The van der Waals surface area contributed by atoms with Gasteiger partial charge in [0.05, 0.1) is 18.1 Å². The molecular weight excluding hydrogens is 255 g/mol. The van der Waals surface area contributed by atoms with Crippen LogP contribution in [0.1, 0.15) is 18.9 Å². The van der Waals surface area contributed by atoms with Crippen LogP contribution in [-0.2, 0) is 4.74 Å². The maximum absolute atomic E-state index is 13.5. The molecular formula is C14H16ClFO2. The van der Waals surface area contributed by atoms with E-state index in [1.54, 1.807) is 12.1 Å². The minimum Gasteiger partial charge on any atom is -0.491 e. The summed E-state index contributed by atoms with van der Waals surface area (Å²) >= 11 is 5.41. The molecule has 0 aromatic heterocycles. The fraction of sp³-hybridized carbons (Fsp3) is 0.429. The van der Waals surface area contributed by atoms with Crippen LogP contribution in [0.15, 0.2) is 18.2 Å². The molecule has 0 saturated heterocycles. The first-order valence-electron chi connectivity index (χ1n) is 5.83. The Morgan fingerprint density at radius 2 is 2.11 bits per heavy atom. The SMILES string of the molecule is CCCOCCOc1ccc(C#CCCl)c(F)c1. The van der Waals surface area contributed by atoms with E-state index < -0.39 is 5.82 Å². The highest BCUT2D eigenvalue weighted by Gasteiger charge is 2.02. The van der Waals surface area contributed by atoms with Crippen molar-refractivity contribution >= 4 is 11.6 Å². The lowest BCUT2D eigenvalue weighted by Gasteiger charge is -2.07. The Kier molecular flexibility index (Phi) is 7.24. The van der Waals surface area contributed by atoms with Gasteiger partial charge in [-0.3, -0.25) is 0 Å². The second kappa shape index (κ2) is 8.79. The molecule has 0 aliphatic rings. The van der Waals surface area contributed by atoms with E-state index in [0.717, 1.165) is 6.42 Å². The average molecular weight is 271 g/mol. The monoisotopic (exact) mass is 270 g/mol. The Labute approximate surface area is 112 Å². The molecule has 4 heteroatoms. The van der Waals surface area contributed by atoms with Crippen molar-refractivity contribution in [1.82, 2.24) is 0 Å². The molecule has 1 aromatic carbocycles. The number of halogens is 2. The molecule has 0 fully saturated rings. The van der Waals surface area contributed by atoms with Crippen LogP contribution < -0.4 is 4.74 Å². The molecule has 18 heavy (non-hydrogen) atoms. The minimum atomic E-state index is -0.403. The van der Waals surface area contributed by atoms with Gasteiger partial charge in [0.15, 0.2) is 0 Å². The van der Waals surface area contributed by atoms with E-state index in [1.165, 1.54) is 6.07 Å². The summed E-state index contributed by atoms with van der Waals surface area (Å²) in [6.07, 6.45) is 0.975. The second-order valence-electron chi connectivity index (χ2n) is 3.54. The molecule has 0 heterocycles. The molecule has 0 aliphatic heterocycles. The van der Waals surface area contributed by atoms with E-state index in [1.807, 2.05) is 6.92 Å². The van der Waals surface area contributed by atoms with Crippen molar-refractivity contribution < 1.29 is 13.9 Å². The van der Waals surface area contributed by atoms with Gasteiger partial charge in [0, 0.05) is 12.7 Å². The van der Waals surface area contributed by atoms with Crippen LogP contribution in [0.25, 0.3) is 0 Å². The van der Waals surface area contributed by atoms with Crippen LogP contribution in [0.4, 0.5) is 4.39 Å². The molecule has 2 nitrogen and oxygen atoms in total. The van der Waals surface area contributed by atoms with Crippen molar-refractivity contribution in [2.45, 2.75) is 13.3 Å². The van der Waals surface area contributed by atoms with Crippen molar-refractivity contribution in [1.29, 1.82) is 0 Å². The van der Waals surface area contributed by atoms with Crippen molar-refractivity contribution in [2.24, 2.45) is 0 Å². The van der Waals surface area contributed by atoms with Crippen LogP contribution in [0.3, 0.4) is 0 Å². The lowest BCUT2D eigenvalue weighted by Crippen LogP contribution is -2.07. The highest BCUT2D eigenvalue weighted by atomic mass is 35.5. The zero-order valence-corrected chi connectivity index (χ0v) is 11.1. The molecule has 0 bridgehead atoms. The van der Waals surface area contributed by atoms with Gasteiger partial charge >= 0.3 is 0 Å². The number of hydrogen-bond acceptors (Lipinski definition) is 2. The topological polar surface area (TPSA) is 18.5 Å². The Hall–Kier alpha value is -1.24. The van der Waals surface area contributed by atoms with Gasteiger partial charge in [-0.1, -0.05) is 18.8 Å². The summed E-state index contributed by atoms with van der Waals surface area (Å²) in [6.45, 7) is 3.66. The van der Waals surface area contributed by atoms with Gasteiger partial charge in [-0.2, -0.15) is 0 Å². The van der Waals surface area contributed by atoms with Crippen LogP contribution in [0, 0.1) is 17.7 Å². The van der Waals surface area contributed by atoms with E-state index in [0.29, 0.717) is 31.1 Å². The predicted octanol–water partition coefficient (Wildman–Crippen LogP) is 3.22. The van der Waals surface area contributed by atoms with E-state index in [-0.39, 0.29) is 5.88 Å². The van der Waals surface area contributed by atoms with E-state index in [4.69, 9.17) is 21.1 Å². The smallest absolute Gasteiger partial charge is 0.142 e. The summed E-state index contributed by atoms with van der Waals surface area (Å²) < 4.78 is 24.2. The van der Waals surface area contributed by atoms with E-state index in [2.05, 4.69) is 11.8 Å². The van der Waals surface area contributed by atoms with Crippen molar-refractivity contribution in [3.8, 4) is 17.6 Å². The molecule has 1 rings (SSSR count). The van der Waals surface area contributed by atoms with Crippen molar-refractivity contribution in [3.05, 3.63) is 29.6 Å². The van der Waals surface area contributed by atoms with Crippen molar-refractivity contribution in [3.63, 3.8) is 0 Å². The predicted molar refractivity (Wildman–Crippen MR) is 70.6 cm³/mol. The average Bonchev–Trinajstić information content (AvgIpc) is 2.37. The maximum atomic E-state index is 13.5. The zero-order valence-electron chi connectivity index (χ0n) is 10.3. The first kappa shape index (κ1) is 14.8. The summed E-state index contributed by atoms with van der Waals surface area (Å²) in [5.74, 6) is 5.50. The molecule has 1 aromatic rings. The third-order valence-corrected chi connectivity index (χ3v) is 2.21. The summed E-state index contributed by atoms with van der Waals surface area (Å²) in [7, 11) is 0. The third kappa shape index (κ3) is 5.39. The molecule has 0 unspecified atom stereocenters. The van der Waals surface area contributed by atoms with Crippen LogP contribution in [0.5, 0.6) is 5.75 Å². The third-order valence-electron chi connectivity index (χ3n) is 2.08. The highest BCUT2D eigenvalue weighted by Crippen LogP contribution is 2.15. The standard InChI is InChI=1S/C14H16ClFO2/c1-2-8-17-9-10-18-13-6-5-12(4-3-7-15)14(16)11-13/h5-6,11H,2,7-10H2,1H3. The quantitative estimate of drug-likeness (QED) is 0.449. The fourth-order valence-electron chi connectivity index (χ4n) is 1.28. The van der Waals surface area contributed by atoms with Crippen molar-refractivity contribution in [2.75, 3.05) is 25.7 Å². The molecule has 0 spiro atoms. The largest absolute Gasteiger partial charge is 0.491 e. The number of alkyl halides is 1. The lowest BCUT2D eigenvalue weighted by molar-refractivity contribution is 0.100. The first-order valence-corrected chi connectivity index (χ1v) is 6.36. The maximum Gasteiger partial charge on any atom is 0.142 e. The van der Waals surface area contributed by atoms with Gasteiger partial charge in [-0.15, -0.1) is 11.6 Å². The molecule has 0 aliphatic carbocycles. The summed E-state index contributed by atoms with van der Waals surface area (Å²) in [5, 5.41) is 0. The van der Waals surface area contributed by atoms with Gasteiger partial charge in [-0.05, 0) is 18.6 Å². The van der Waals surface area contributed by atoms with E-state index in [9.17, 15) is 4.39 Å². The Bertz CT molecular complexity index is 424. The number of rotatable bonds is 6. The highest BCUT2D eigenvalue weighted by molar-refractivity contribution is 6.19. The van der Waals surface area contributed by atoms with Crippen LogP contribution >= 0.6 is 11.6 Å². The molecule has 0 amide bonds. The summed E-state index contributed by atoms with van der Waals surface area (Å²) in [4.78, 5) is 0. The normalized spacial score (nSPS) is 9.72. The van der Waals surface area contributed by atoms with Gasteiger partial charge in [0.2, 0.25) is 0 Å². The summed E-state index contributed by atoms with van der Waals surface area (Å²) in [6, 6.07) is 4.58. The van der Waals surface area contributed by atoms with Gasteiger partial charge in [0.25, 0.3) is 0 Å². The van der Waals surface area contributed by atoms with Crippen LogP contribution in [-0.4, -0.2) is 25.7 Å².